The summed E-state index contributed by atoms with van der Waals surface area (Å²) < 4.78 is 17.1. The first-order valence-electron chi connectivity index (χ1n) is 12.8. The molecule has 9 heteroatoms. The summed E-state index contributed by atoms with van der Waals surface area (Å²) in [6.07, 6.45) is 5.50. The molecular formula is C27H31FN8. The first kappa shape index (κ1) is 23.0. The van der Waals surface area contributed by atoms with Crippen molar-refractivity contribution >= 4 is 22.8 Å². The lowest BCUT2D eigenvalue weighted by atomic mass is 10.1. The number of fused-ring (bicyclic) bond motifs is 3. The highest BCUT2D eigenvalue weighted by atomic mass is 19.1. The summed E-state index contributed by atoms with van der Waals surface area (Å²) in [5.74, 6) is 1.74. The Labute approximate surface area is 210 Å². The topological polar surface area (TPSA) is 75.0 Å². The lowest BCUT2D eigenvalue weighted by Crippen LogP contribution is -2.45. The van der Waals surface area contributed by atoms with E-state index in [0.29, 0.717) is 34.6 Å². The maximum atomic E-state index is 15.0. The molecule has 0 amide bonds. The summed E-state index contributed by atoms with van der Waals surface area (Å²) in [6, 6.07) is 9.65. The average Bonchev–Trinajstić information content (AvgIpc) is 3.46. The second-order valence-electron chi connectivity index (χ2n) is 9.76. The van der Waals surface area contributed by atoms with E-state index in [4.69, 9.17) is 0 Å². The third-order valence-electron chi connectivity index (χ3n) is 7.38. The zero-order chi connectivity index (χ0) is 24.6. The Balaban J connectivity index is 1.18. The number of piperazine rings is 1. The molecule has 0 saturated carbocycles. The van der Waals surface area contributed by atoms with E-state index in [1.165, 1.54) is 11.6 Å². The number of aromatic nitrogens is 5. The van der Waals surface area contributed by atoms with Crippen LogP contribution in [0.4, 0.5) is 16.2 Å². The molecule has 1 unspecified atom stereocenters. The third-order valence-corrected chi connectivity index (χ3v) is 7.38. The molecule has 36 heavy (non-hydrogen) atoms. The van der Waals surface area contributed by atoms with Gasteiger partial charge in [-0.15, -0.1) is 0 Å². The number of likely N-dealkylation sites (N-methyl/N-ethyl adjacent to an activating group) is 1. The summed E-state index contributed by atoms with van der Waals surface area (Å²) in [6.45, 7) is 10.8. The molecule has 1 aromatic carbocycles. The fraction of sp³-hybridized carbons (Fsp3) is 0.407. The second-order valence-corrected chi connectivity index (χ2v) is 9.76. The van der Waals surface area contributed by atoms with Crippen LogP contribution in [0, 0.1) is 5.82 Å². The van der Waals surface area contributed by atoms with Gasteiger partial charge in [0, 0.05) is 63.1 Å². The molecule has 0 bridgehead atoms. The van der Waals surface area contributed by atoms with Gasteiger partial charge in [0.25, 0.3) is 0 Å². The van der Waals surface area contributed by atoms with E-state index in [-0.39, 0.29) is 5.82 Å². The molecular weight excluding hydrogens is 455 g/mol. The van der Waals surface area contributed by atoms with Crippen molar-refractivity contribution in [3.8, 4) is 11.3 Å². The van der Waals surface area contributed by atoms with Gasteiger partial charge < -0.3 is 14.8 Å². The van der Waals surface area contributed by atoms with Gasteiger partial charge in [-0.2, -0.15) is 0 Å². The van der Waals surface area contributed by atoms with Crippen LogP contribution in [-0.2, 0) is 13.0 Å². The molecule has 1 atom stereocenters. The predicted molar refractivity (Wildman–Crippen MR) is 139 cm³/mol. The Morgan fingerprint density at radius 1 is 1.03 bits per heavy atom. The van der Waals surface area contributed by atoms with E-state index in [0.717, 1.165) is 63.5 Å². The lowest BCUT2D eigenvalue weighted by molar-refractivity contribution is 0.132. The van der Waals surface area contributed by atoms with Crippen LogP contribution < -0.4 is 5.32 Å². The molecule has 1 N–H and O–H groups in total. The zero-order valence-electron chi connectivity index (χ0n) is 20.8. The summed E-state index contributed by atoms with van der Waals surface area (Å²) in [5, 5.41) is 3.19. The molecule has 0 radical (unpaired) electrons. The van der Waals surface area contributed by atoms with Crippen LogP contribution in [0.15, 0.2) is 42.7 Å². The fourth-order valence-electron chi connectivity index (χ4n) is 5.29. The largest absolute Gasteiger partial charge is 0.325 e. The van der Waals surface area contributed by atoms with Crippen molar-refractivity contribution in [3.05, 3.63) is 59.9 Å². The number of benzene rings is 1. The molecule has 3 aromatic heterocycles. The van der Waals surface area contributed by atoms with Gasteiger partial charge in [-0.1, -0.05) is 13.0 Å². The van der Waals surface area contributed by atoms with E-state index in [2.05, 4.69) is 59.5 Å². The average molecular weight is 487 g/mol. The first-order valence-corrected chi connectivity index (χ1v) is 12.8. The van der Waals surface area contributed by atoms with Crippen molar-refractivity contribution in [3.63, 3.8) is 0 Å². The first-order chi connectivity index (χ1) is 17.6. The highest BCUT2D eigenvalue weighted by Gasteiger charge is 2.24. The Kier molecular flexibility index (Phi) is 6.10. The van der Waals surface area contributed by atoms with E-state index < -0.39 is 0 Å². The number of imidazole rings is 1. The van der Waals surface area contributed by atoms with Gasteiger partial charge in [-0.3, -0.25) is 4.90 Å². The number of halogens is 1. The number of anilines is 2. The molecule has 6 rings (SSSR count). The van der Waals surface area contributed by atoms with Gasteiger partial charge in [-0.05, 0) is 49.7 Å². The Morgan fingerprint density at radius 2 is 1.86 bits per heavy atom. The number of pyridine rings is 1. The van der Waals surface area contributed by atoms with Crippen molar-refractivity contribution in [2.24, 2.45) is 0 Å². The molecule has 1 fully saturated rings. The van der Waals surface area contributed by atoms with Crippen molar-refractivity contribution in [1.29, 1.82) is 0 Å². The van der Waals surface area contributed by atoms with Crippen LogP contribution in [0.1, 0.15) is 37.7 Å². The molecule has 1 saturated heterocycles. The molecule has 5 heterocycles. The van der Waals surface area contributed by atoms with E-state index in [1.807, 2.05) is 18.3 Å². The van der Waals surface area contributed by atoms with Gasteiger partial charge in [-0.25, -0.2) is 24.3 Å². The number of nitrogens with one attached hydrogen (secondary N) is 1. The van der Waals surface area contributed by atoms with Gasteiger partial charge in [0.15, 0.2) is 5.82 Å². The normalized spacial score (nSPS) is 18.6. The van der Waals surface area contributed by atoms with Crippen LogP contribution in [0.2, 0.25) is 0 Å². The Hall–Kier alpha value is -3.43. The minimum Gasteiger partial charge on any atom is -0.325 e. The third kappa shape index (κ3) is 4.44. The number of hydrogen-bond acceptors (Lipinski definition) is 7. The number of hydrogen-bond donors (Lipinski definition) is 1. The summed E-state index contributed by atoms with van der Waals surface area (Å²) in [4.78, 5) is 23.0. The standard InChI is InChI=1S/C27H31FN8/c1-3-34-10-12-35(13-11-34)17-19-5-6-24(30-16-19)32-27-29-9-8-22(31-27)20-14-21(28)26-23(15-20)36-18(2)4-7-25(36)33-26/h5-6,8-9,14-16,18H,3-4,7,10-13,17H2,1-2H3,(H,29,30,31,32). The van der Waals surface area contributed by atoms with Crippen LogP contribution in [0.3, 0.4) is 0 Å². The monoisotopic (exact) mass is 486 g/mol. The van der Waals surface area contributed by atoms with Crippen LogP contribution in [-0.4, -0.2) is 67.0 Å². The smallest absolute Gasteiger partial charge is 0.228 e. The maximum Gasteiger partial charge on any atom is 0.228 e. The molecule has 8 nitrogen and oxygen atoms in total. The molecule has 2 aliphatic rings. The number of aryl methyl sites for hydroxylation is 1. The fourth-order valence-corrected chi connectivity index (χ4v) is 5.29. The quantitative estimate of drug-likeness (QED) is 0.433. The van der Waals surface area contributed by atoms with E-state index in [1.54, 1.807) is 12.3 Å². The van der Waals surface area contributed by atoms with Crippen molar-refractivity contribution in [2.75, 3.05) is 38.0 Å². The second kappa shape index (κ2) is 9.55. The highest BCUT2D eigenvalue weighted by Crippen LogP contribution is 2.34. The minimum atomic E-state index is -0.321. The maximum absolute atomic E-state index is 15.0. The van der Waals surface area contributed by atoms with Gasteiger partial charge in [0.05, 0.1) is 11.2 Å². The minimum absolute atomic E-state index is 0.317. The predicted octanol–water partition coefficient (Wildman–Crippen LogP) is 4.42. The number of nitrogens with zero attached hydrogens (tertiary/aromatic N) is 7. The van der Waals surface area contributed by atoms with Crippen LogP contribution in [0.5, 0.6) is 0 Å². The van der Waals surface area contributed by atoms with E-state index >= 15 is 0 Å². The summed E-state index contributed by atoms with van der Waals surface area (Å²) in [7, 11) is 0. The molecule has 4 aromatic rings. The van der Waals surface area contributed by atoms with Crippen molar-refractivity contribution in [2.45, 2.75) is 39.3 Å². The van der Waals surface area contributed by atoms with Crippen molar-refractivity contribution < 1.29 is 4.39 Å². The SMILES string of the molecule is CCN1CCN(Cc2ccc(Nc3nccc(-c4cc(F)c5nc6n(c5c4)C(C)CC6)n3)nc2)CC1. The van der Waals surface area contributed by atoms with E-state index in [9.17, 15) is 4.39 Å². The van der Waals surface area contributed by atoms with Crippen LogP contribution >= 0.6 is 0 Å². The highest BCUT2D eigenvalue weighted by molar-refractivity contribution is 5.83. The van der Waals surface area contributed by atoms with Crippen molar-refractivity contribution in [1.82, 2.24) is 34.3 Å². The molecule has 0 aliphatic carbocycles. The van der Waals surface area contributed by atoms with Gasteiger partial charge in [0.1, 0.15) is 17.2 Å². The zero-order valence-corrected chi connectivity index (χ0v) is 20.8. The summed E-state index contributed by atoms with van der Waals surface area (Å²) >= 11 is 0. The molecule has 0 spiro atoms. The Bertz CT molecular complexity index is 1370. The lowest BCUT2D eigenvalue weighted by Gasteiger charge is -2.33. The molecule has 2 aliphatic heterocycles. The molecule has 186 valence electrons. The Morgan fingerprint density at radius 3 is 2.64 bits per heavy atom. The van der Waals surface area contributed by atoms with Gasteiger partial charge >= 0.3 is 0 Å². The van der Waals surface area contributed by atoms with Crippen LogP contribution in [0.25, 0.3) is 22.3 Å². The van der Waals surface area contributed by atoms with Gasteiger partial charge in [0.2, 0.25) is 5.95 Å². The summed E-state index contributed by atoms with van der Waals surface area (Å²) in [5.41, 5.74) is 3.80. The number of rotatable bonds is 6.